The highest BCUT2D eigenvalue weighted by Gasteiger charge is 2.34. The Morgan fingerprint density at radius 1 is 1.05 bits per heavy atom. The van der Waals surface area contributed by atoms with Crippen molar-refractivity contribution in [3.63, 3.8) is 0 Å². The highest BCUT2D eigenvalue weighted by Crippen LogP contribution is 2.32. The van der Waals surface area contributed by atoms with E-state index in [1.54, 1.807) is 18.2 Å². The standard InChI is InChI=1S/C16H13F3O/c1-11-5-4-6-12(9-11)10-15(20)13-7-2-3-8-14(13)16(17,18)19/h2-9H,10H2,1H3. The Morgan fingerprint density at radius 3 is 2.40 bits per heavy atom. The third-order valence-corrected chi connectivity index (χ3v) is 2.98. The monoisotopic (exact) mass is 278 g/mol. The maximum absolute atomic E-state index is 12.9. The van der Waals surface area contributed by atoms with E-state index < -0.39 is 17.5 Å². The van der Waals surface area contributed by atoms with Crippen LogP contribution < -0.4 is 0 Å². The number of Topliss-reactive ketones (excluding diaryl/α,β-unsaturated/α-hetero) is 1. The topological polar surface area (TPSA) is 17.1 Å². The van der Waals surface area contributed by atoms with Crippen LogP contribution in [-0.2, 0) is 12.6 Å². The Labute approximate surface area is 115 Å². The van der Waals surface area contributed by atoms with Crippen molar-refractivity contribution in [1.82, 2.24) is 0 Å². The van der Waals surface area contributed by atoms with Crippen LogP contribution in [-0.4, -0.2) is 5.78 Å². The summed E-state index contributed by atoms with van der Waals surface area (Å²) < 4.78 is 38.6. The number of ketones is 1. The van der Waals surface area contributed by atoms with Crippen molar-refractivity contribution in [1.29, 1.82) is 0 Å². The normalized spacial score (nSPS) is 11.4. The Hall–Kier alpha value is -2.10. The summed E-state index contributed by atoms with van der Waals surface area (Å²) >= 11 is 0. The quantitative estimate of drug-likeness (QED) is 0.759. The van der Waals surface area contributed by atoms with Gasteiger partial charge in [-0.1, -0.05) is 48.0 Å². The van der Waals surface area contributed by atoms with Crippen molar-refractivity contribution >= 4 is 5.78 Å². The van der Waals surface area contributed by atoms with E-state index in [1.165, 1.54) is 18.2 Å². The predicted molar refractivity (Wildman–Crippen MR) is 70.7 cm³/mol. The van der Waals surface area contributed by atoms with Gasteiger partial charge >= 0.3 is 6.18 Å². The first kappa shape index (κ1) is 14.3. The molecule has 2 aromatic carbocycles. The molecule has 0 aliphatic carbocycles. The van der Waals surface area contributed by atoms with Gasteiger partial charge in [0.2, 0.25) is 0 Å². The van der Waals surface area contributed by atoms with E-state index in [-0.39, 0.29) is 12.0 Å². The van der Waals surface area contributed by atoms with Crippen LogP contribution in [0.3, 0.4) is 0 Å². The van der Waals surface area contributed by atoms with Crippen LogP contribution in [0.2, 0.25) is 0 Å². The van der Waals surface area contributed by atoms with Crippen molar-refractivity contribution in [2.24, 2.45) is 0 Å². The van der Waals surface area contributed by atoms with E-state index in [4.69, 9.17) is 0 Å². The van der Waals surface area contributed by atoms with Crippen molar-refractivity contribution in [3.8, 4) is 0 Å². The Bertz CT molecular complexity index is 630. The summed E-state index contributed by atoms with van der Waals surface area (Å²) in [6, 6.07) is 12.1. The molecular formula is C16H13F3O. The molecule has 0 fully saturated rings. The minimum absolute atomic E-state index is 0.0330. The second-order valence-electron chi connectivity index (χ2n) is 4.63. The zero-order chi connectivity index (χ0) is 14.8. The summed E-state index contributed by atoms with van der Waals surface area (Å²) in [4.78, 5) is 12.1. The van der Waals surface area contributed by atoms with Gasteiger partial charge in [-0.05, 0) is 18.6 Å². The highest BCUT2D eigenvalue weighted by molar-refractivity contribution is 5.99. The maximum Gasteiger partial charge on any atom is 0.417 e. The van der Waals surface area contributed by atoms with Gasteiger partial charge in [0.15, 0.2) is 5.78 Å². The summed E-state index contributed by atoms with van der Waals surface area (Å²) in [6.45, 7) is 1.87. The lowest BCUT2D eigenvalue weighted by atomic mass is 9.97. The fraction of sp³-hybridized carbons (Fsp3) is 0.188. The third-order valence-electron chi connectivity index (χ3n) is 2.98. The molecule has 2 aromatic rings. The molecule has 20 heavy (non-hydrogen) atoms. The predicted octanol–water partition coefficient (Wildman–Crippen LogP) is 4.44. The number of halogens is 3. The first-order chi connectivity index (χ1) is 9.38. The van der Waals surface area contributed by atoms with Crippen molar-refractivity contribution in [3.05, 3.63) is 70.8 Å². The highest BCUT2D eigenvalue weighted by atomic mass is 19.4. The van der Waals surface area contributed by atoms with E-state index in [1.807, 2.05) is 13.0 Å². The Kier molecular flexibility index (Phi) is 3.93. The SMILES string of the molecule is Cc1cccc(CC(=O)c2ccccc2C(F)(F)F)c1. The summed E-state index contributed by atoms with van der Waals surface area (Å²) in [6.07, 6.45) is -4.55. The van der Waals surface area contributed by atoms with E-state index in [0.717, 1.165) is 11.6 Å². The molecule has 0 unspecified atom stereocenters. The summed E-state index contributed by atoms with van der Waals surface area (Å²) in [7, 11) is 0. The molecule has 0 N–H and O–H groups in total. The molecule has 0 amide bonds. The second-order valence-corrected chi connectivity index (χ2v) is 4.63. The Morgan fingerprint density at radius 2 is 1.75 bits per heavy atom. The van der Waals surface area contributed by atoms with Gasteiger partial charge in [0.1, 0.15) is 0 Å². The minimum atomic E-state index is -4.52. The summed E-state index contributed by atoms with van der Waals surface area (Å²) in [5.74, 6) is -0.525. The lowest BCUT2D eigenvalue weighted by Crippen LogP contribution is -2.14. The van der Waals surface area contributed by atoms with Gasteiger partial charge in [-0.15, -0.1) is 0 Å². The fourth-order valence-electron chi connectivity index (χ4n) is 2.08. The van der Waals surface area contributed by atoms with Gasteiger partial charge in [-0.3, -0.25) is 4.79 Å². The molecule has 0 aliphatic rings. The molecule has 104 valence electrons. The third kappa shape index (κ3) is 3.26. The van der Waals surface area contributed by atoms with Crippen LogP contribution in [0.25, 0.3) is 0 Å². The number of hydrogen-bond acceptors (Lipinski definition) is 1. The van der Waals surface area contributed by atoms with Crippen molar-refractivity contribution < 1.29 is 18.0 Å². The number of rotatable bonds is 3. The van der Waals surface area contributed by atoms with Gasteiger partial charge in [0.25, 0.3) is 0 Å². The maximum atomic E-state index is 12.9. The van der Waals surface area contributed by atoms with Gasteiger partial charge < -0.3 is 0 Å². The smallest absolute Gasteiger partial charge is 0.294 e. The molecule has 0 bridgehead atoms. The van der Waals surface area contributed by atoms with Crippen LogP contribution in [0, 0.1) is 6.92 Å². The minimum Gasteiger partial charge on any atom is -0.294 e. The fourth-order valence-corrected chi connectivity index (χ4v) is 2.08. The molecule has 0 spiro atoms. The summed E-state index contributed by atoms with van der Waals surface area (Å²) in [5.41, 5.74) is 0.533. The summed E-state index contributed by atoms with van der Waals surface area (Å²) in [5, 5.41) is 0. The average molecular weight is 278 g/mol. The lowest BCUT2D eigenvalue weighted by Gasteiger charge is -2.11. The second kappa shape index (κ2) is 5.49. The van der Waals surface area contributed by atoms with Gasteiger partial charge in [-0.2, -0.15) is 13.2 Å². The first-order valence-corrected chi connectivity index (χ1v) is 6.13. The molecule has 0 saturated carbocycles. The van der Waals surface area contributed by atoms with E-state index >= 15 is 0 Å². The van der Waals surface area contributed by atoms with Crippen molar-refractivity contribution in [2.75, 3.05) is 0 Å². The number of alkyl halides is 3. The molecular weight excluding hydrogens is 265 g/mol. The number of carbonyl (C=O) groups is 1. The van der Waals surface area contributed by atoms with Crippen LogP contribution >= 0.6 is 0 Å². The molecule has 0 saturated heterocycles. The van der Waals surface area contributed by atoms with Crippen LogP contribution in [0.1, 0.15) is 27.0 Å². The van der Waals surface area contributed by atoms with Crippen LogP contribution in [0.4, 0.5) is 13.2 Å². The van der Waals surface area contributed by atoms with Crippen LogP contribution in [0.15, 0.2) is 48.5 Å². The molecule has 0 atom stereocenters. The largest absolute Gasteiger partial charge is 0.417 e. The number of benzene rings is 2. The van der Waals surface area contributed by atoms with E-state index in [0.29, 0.717) is 5.56 Å². The zero-order valence-corrected chi connectivity index (χ0v) is 10.9. The van der Waals surface area contributed by atoms with E-state index in [9.17, 15) is 18.0 Å². The van der Waals surface area contributed by atoms with Gasteiger partial charge in [-0.25, -0.2) is 0 Å². The lowest BCUT2D eigenvalue weighted by molar-refractivity contribution is -0.137. The molecule has 4 heteroatoms. The number of hydrogen-bond donors (Lipinski definition) is 0. The number of aryl methyl sites for hydroxylation is 1. The van der Waals surface area contributed by atoms with Gasteiger partial charge in [0, 0.05) is 12.0 Å². The molecule has 0 radical (unpaired) electrons. The molecule has 1 nitrogen and oxygen atoms in total. The number of carbonyl (C=O) groups excluding carboxylic acids is 1. The average Bonchev–Trinajstić information content (AvgIpc) is 2.37. The molecule has 0 heterocycles. The van der Waals surface area contributed by atoms with Gasteiger partial charge in [0.05, 0.1) is 5.56 Å². The molecule has 0 aromatic heterocycles. The Balaban J connectivity index is 2.31. The molecule has 0 aliphatic heterocycles. The van der Waals surface area contributed by atoms with Crippen molar-refractivity contribution in [2.45, 2.75) is 19.5 Å². The zero-order valence-electron chi connectivity index (χ0n) is 10.9. The van der Waals surface area contributed by atoms with E-state index in [2.05, 4.69) is 0 Å². The first-order valence-electron chi connectivity index (χ1n) is 6.13. The molecule has 2 rings (SSSR count). The van der Waals surface area contributed by atoms with Crippen LogP contribution in [0.5, 0.6) is 0 Å².